The Labute approximate surface area is 95.4 Å². The quantitative estimate of drug-likeness (QED) is 0.814. The highest BCUT2D eigenvalue weighted by Crippen LogP contribution is 2.24. The van der Waals surface area contributed by atoms with Gasteiger partial charge in [0.05, 0.1) is 0 Å². The molecule has 0 atom stereocenters. The second kappa shape index (κ2) is 4.29. The summed E-state index contributed by atoms with van der Waals surface area (Å²) in [6.45, 7) is 0. The summed E-state index contributed by atoms with van der Waals surface area (Å²) in [6.07, 6.45) is 0. The van der Waals surface area contributed by atoms with Crippen LogP contribution in [0.3, 0.4) is 0 Å². The lowest BCUT2D eigenvalue weighted by atomic mass is 10.1. The molecule has 1 aromatic heterocycles. The van der Waals surface area contributed by atoms with Gasteiger partial charge in [-0.15, -0.1) is 0 Å². The Hall–Kier alpha value is -2.30. The molecule has 1 aromatic carbocycles. The van der Waals surface area contributed by atoms with E-state index < -0.39 is 23.4 Å². The first-order valence-corrected chi connectivity index (χ1v) is 4.74. The first-order valence-electron chi connectivity index (χ1n) is 4.74. The Kier molecular flexibility index (Phi) is 2.82. The third kappa shape index (κ3) is 2.13. The predicted octanol–water partition coefficient (Wildman–Crippen LogP) is 2.73. The Bertz CT molecular complexity index is 584. The van der Waals surface area contributed by atoms with Gasteiger partial charge in [-0.05, 0) is 18.2 Å². The molecular weight excluding hydrogens is 228 g/mol. The van der Waals surface area contributed by atoms with Gasteiger partial charge in [0.25, 0.3) is 0 Å². The van der Waals surface area contributed by atoms with Gasteiger partial charge in [0.2, 0.25) is 5.95 Å². The summed E-state index contributed by atoms with van der Waals surface area (Å²) in [5.74, 6) is -2.92. The molecule has 0 fully saturated rings. The van der Waals surface area contributed by atoms with Crippen molar-refractivity contribution in [1.82, 2.24) is 4.98 Å². The van der Waals surface area contributed by atoms with E-state index in [1.54, 1.807) is 6.07 Å². The highest BCUT2D eigenvalue weighted by atomic mass is 19.1. The van der Waals surface area contributed by atoms with Gasteiger partial charge in [-0.25, -0.2) is 14.2 Å². The first-order chi connectivity index (χ1) is 8.09. The Morgan fingerprint density at radius 3 is 2.35 bits per heavy atom. The fraction of sp³-hybridized carbons (Fsp3) is 0. The molecule has 1 N–H and O–H groups in total. The van der Waals surface area contributed by atoms with Gasteiger partial charge >= 0.3 is 5.97 Å². The molecule has 0 aliphatic rings. The van der Waals surface area contributed by atoms with Crippen molar-refractivity contribution in [2.75, 3.05) is 0 Å². The first kappa shape index (κ1) is 11.2. The molecule has 0 radical (unpaired) electrons. The fourth-order valence-corrected chi connectivity index (χ4v) is 1.43. The van der Waals surface area contributed by atoms with Gasteiger partial charge in [-0.2, -0.15) is 4.39 Å². The Morgan fingerprint density at radius 1 is 1.06 bits per heavy atom. The van der Waals surface area contributed by atoms with Gasteiger partial charge in [0.1, 0.15) is 5.82 Å². The minimum absolute atomic E-state index is 0.0504. The van der Waals surface area contributed by atoms with E-state index >= 15 is 0 Å². The molecule has 3 nitrogen and oxygen atoms in total. The summed E-state index contributed by atoms with van der Waals surface area (Å²) in [5, 5.41) is 8.62. The number of carboxylic acid groups (broad SMARTS) is 1. The van der Waals surface area contributed by atoms with E-state index in [2.05, 4.69) is 4.98 Å². The molecule has 5 heteroatoms. The van der Waals surface area contributed by atoms with Crippen molar-refractivity contribution >= 4 is 5.97 Å². The molecule has 0 bridgehead atoms. The topological polar surface area (TPSA) is 50.2 Å². The second-order valence-electron chi connectivity index (χ2n) is 3.32. The van der Waals surface area contributed by atoms with Gasteiger partial charge in [0.15, 0.2) is 5.69 Å². The average Bonchev–Trinajstić information content (AvgIpc) is 2.30. The van der Waals surface area contributed by atoms with E-state index in [-0.39, 0.29) is 11.1 Å². The molecule has 0 unspecified atom stereocenters. The van der Waals surface area contributed by atoms with Crippen LogP contribution in [-0.2, 0) is 0 Å². The van der Waals surface area contributed by atoms with Crippen molar-refractivity contribution in [1.29, 1.82) is 0 Å². The van der Waals surface area contributed by atoms with Gasteiger partial charge in [0, 0.05) is 11.1 Å². The predicted molar refractivity (Wildman–Crippen MR) is 56.5 cm³/mol. The van der Waals surface area contributed by atoms with Crippen molar-refractivity contribution in [3.63, 3.8) is 0 Å². The second-order valence-corrected chi connectivity index (χ2v) is 3.32. The van der Waals surface area contributed by atoms with Crippen LogP contribution in [0, 0.1) is 11.8 Å². The maximum absolute atomic E-state index is 13.5. The molecule has 0 spiro atoms. The van der Waals surface area contributed by atoms with Crippen LogP contribution in [0.4, 0.5) is 8.78 Å². The molecule has 86 valence electrons. The number of rotatable bonds is 2. The molecule has 0 saturated carbocycles. The number of pyridine rings is 1. The van der Waals surface area contributed by atoms with Crippen molar-refractivity contribution in [2.45, 2.75) is 0 Å². The number of halogens is 2. The summed E-state index contributed by atoms with van der Waals surface area (Å²) < 4.78 is 26.9. The number of aromatic carboxylic acids is 1. The summed E-state index contributed by atoms with van der Waals surface area (Å²) in [5.41, 5.74) is -0.426. The van der Waals surface area contributed by atoms with Gasteiger partial charge in [-0.3, -0.25) is 0 Å². The number of aromatic nitrogens is 1. The van der Waals surface area contributed by atoms with E-state index in [0.717, 1.165) is 6.07 Å². The van der Waals surface area contributed by atoms with Crippen LogP contribution >= 0.6 is 0 Å². The number of benzene rings is 1. The van der Waals surface area contributed by atoms with Crippen LogP contribution in [0.2, 0.25) is 0 Å². The van der Waals surface area contributed by atoms with E-state index in [1.165, 1.54) is 24.3 Å². The van der Waals surface area contributed by atoms with E-state index in [0.29, 0.717) is 0 Å². The van der Waals surface area contributed by atoms with Crippen molar-refractivity contribution < 1.29 is 18.7 Å². The molecule has 17 heavy (non-hydrogen) atoms. The lowest BCUT2D eigenvalue weighted by molar-refractivity contribution is 0.0689. The zero-order chi connectivity index (χ0) is 12.4. The average molecular weight is 235 g/mol. The van der Waals surface area contributed by atoms with Crippen LogP contribution in [0.1, 0.15) is 10.5 Å². The molecule has 2 rings (SSSR count). The van der Waals surface area contributed by atoms with Gasteiger partial charge < -0.3 is 5.11 Å². The SMILES string of the molecule is O=C(O)c1ccc(-c2ccccc2F)c(F)n1. The highest BCUT2D eigenvalue weighted by molar-refractivity contribution is 5.85. The number of hydrogen-bond donors (Lipinski definition) is 1. The third-order valence-corrected chi connectivity index (χ3v) is 2.23. The fourth-order valence-electron chi connectivity index (χ4n) is 1.43. The van der Waals surface area contributed by atoms with Crippen LogP contribution in [0.5, 0.6) is 0 Å². The molecule has 0 aliphatic carbocycles. The minimum Gasteiger partial charge on any atom is -0.477 e. The largest absolute Gasteiger partial charge is 0.477 e. The third-order valence-electron chi connectivity index (χ3n) is 2.23. The lowest BCUT2D eigenvalue weighted by Crippen LogP contribution is -2.03. The number of carbonyl (C=O) groups is 1. The Balaban J connectivity index is 2.55. The molecule has 0 amide bonds. The number of carboxylic acids is 1. The highest BCUT2D eigenvalue weighted by Gasteiger charge is 2.13. The zero-order valence-electron chi connectivity index (χ0n) is 8.52. The van der Waals surface area contributed by atoms with Crippen LogP contribution < -0.4 is 0 Å². The van der Waals surface area contributed by atoms with Crippen molar-refractivity contribution in [3.05, 3.63) is 53.9 Å². The molecule has 1 heterocycles. The lowest BCUT2D eigenvalue weighted by Gasteiger charge is -2.04. The van der Waals surface area contributed by atoms with Crippen LogP contribution in [0.25, 0.3) is 11.1 Å². The monoisotopic (exact) mass is 235 g/mol. The Morgan fingerprint density at radius 2 is 1.76 bits per heavy atom. The smallest absolute Gasteiger partial charge is 0.354 e. The summed E-state index contributed by atoms with van der Waals surface area (Å²) in [7, 11) is 0. The number of nitrogens with zero attached hydrogens (tertiary/aromatic N) is 1. The summed E-state index contributed by atoms with van der Waals surface area (Å²) >= 11 is 0. The van der Waals surface area contributed by atoms with Crippen LogP contribution in [0.15, 0.2) is 36.4 Å². The summed E-state index contributed by atoms with van der Waals surface area (Å²) in [4.78, 5) is 13.8. The molecule has 2 aromatic rings. The van der Waals surface area contributed by atoms with Gasteiger partial charge in [-0.1, -0.05) is 18.2 Å². The summed E-state index contributed by atoms with van der Waals surface area (Å²) in [6, 6.07) is 7.96. The molecule has 0 aliphatic heterocycles. The molecule has 0 saturated heterocycles. The van der Waals surface area contributed by atoms with Crippen molar-refractivity contribution in [3.8, 4) is 11.1 Å². The van der Waals surface area contributed by atoms with Crippen molar-refractivity contribution in [2.24, 2.45) is 0 Å². The standard InChI is InChI=1S/C12H7F2NO2/c13-9-4-2-1-3-7(9)8-5-6-10(12(16)17)15-11(8)14/h1-6H,(H,16,17). The van der Waals surface area contributed by atoms with Crippen LogP contribution in [-0.4, -0.2) is 16.1 Å². The maximum atomic E-state index is 13.5. The van der Waals surface area contributed by atoms with E-state index in [9.17, 15) is 13.6 Å². The van der Waals surface area contributed by atoms with E-state index in [1.807, 2.05) is 0 Å². The molecular formula is C12H7F2NO2. The van der Waals surface area contributed by atoms with E-state index in [4.69, 9.17) is 5.11 Å². The zero-order valence-corrected chi connectivity index (χ0v) is 8.52. The number of hydrogen-bond acceptors (Lipinski definition) is 2. The maximum Gasteiger partial charge on any atom is 0.354 e. The minimum atomic E-state index is -1.33. The normalized spacial score (nSPS) is 10.2.